The largest absolute Gasteiger partial charge is 0.486 e. The van der Waals surface area contributed by atoms with E-state index in [1.165, 1.54) is 11.3 Å². The molecule has 7 heteroatoms. The Kier molecular flexibility index (Phi) is 5.51. The molecular formula is C18H21ClN2O3S. The standard InChI is InChI=1S/C18H20N2O3S.ClH/c1-12-11-20(7-6-19-12)18(21)17-5-4-16(24-17)13-2-3-14-15(10-13)23-9-8-22-14;/h2-5,10,12,19H,6-9,11H2,1H3;1H. The molecule has 3 heterocycles. The molecule has 2 aliphatic rings. The molecule has 25 heavy (non-hydrogen) atoms. The summed E-state index contributed by atoms with van der Waals surface area (Å²) in [5.74, 6) is 1.68. The molecular weight excluding hydrogens is 360 g/mol. The Hall–Kier alpha value is -1.76. The number of fused-ring (bicyclic) bond motifs is 1. The molecule has 1 amide bonds. The van der Waals surface area contributed by atoms with Crippen LogP contribution in [0.1, 0.15) is 16.6 Å². The molecule has 2 aliphatic heterocycles. The third-order valence-electron chi connectivity index (χ3n) is 4.30. The first kappa shape index (κ1) is 18.0. The fourth-order valence-corrected chi connectivity index (χ4v) is 4.05. The van der Waals surface area contributed by atoms with Crippen LogP contribution in [-0.2, 0) is 0 Å². The van der Waals surface area contributed by atoms with Gasteiger partial charge in [0.1, 0.15) is 13.2 Å². The van der Waals surface area contributed by atoms with Gasteiger partial charge in [-0.3, -0.25) is 4.79 Å². The Morgan fingerprint density at radius 3 is 2.80 bits per heavy atom. The summed E-state index contributed by atoms with van der Waals surface area (Å²) in [5.41, 5.74) is 1.05. The van der Waals surface area contributed by atoms with Gasteiger partial charge in [0.15, 0.2) is 11.5 Å². The molecule has 0 aliphatic carbocycles. The summed E-state index contributed by atoms with van der Waals surface area (Å²) in [6.45, 7) is 5.65. The highest BCUT2D eigenvalue weighted by Gasteiger charge is 2.23. The summed E-state index contributed by atoms with van der Waals surface area (Å²) >= 11 is 1.53. The van der Waals surface area contributed by atoms with Gasteiger partial charge in [-0.25, -0.2) is 0 Å². The van der Waals surface area contributed by atoms with Gasteiger partial charge in [-0.2, -0.15) is 0 Å². The molecule has 1 saturated heterocycles. The highest BCUT2D eigenvalue weighted by atomic mass is 35.5. The number of amides is 1. The Morgan fingerprint density at radius 1 is 1.20 bits per heavy atom. The normalized spacial score (nSPS) is 19.2. The Balaban J connectivity index is 0.00000182. The number of halogens is 1. The SMILES string of the molecule is CC1CN(C(=O)c2ccc(-c3ccc4c(c3)OCCO4)s2)CCN1.Cl. The van der Waals surface area contributed by atoms with Crippen LogP contribution in [0, 0.1) is 0 Å². The quantitative estimate of drug-likeness (QED) is 0.870. The van der Waals surface area contributed by atoms with Gasteiger partial charge in [-0.1, -0.05) is 0 Å². The molecule has 0 bridgehead atoms. The fraction of sp³-hybridized carbons (Fsp3) is 0.389. The van der Waals surface area contributed by atoms with Gasteiger partial charge in [0.2, 0.25) is 0 Å². The first-order chi connectivity index (χ1) is 11.7. The molecule has 4 rings (SSSR count). The molecule has 1 atom stereocenters. The van der Waals surface area contributed by atoms with Crippen LogP contribution < -0.4 is 14.8 Å². The summed E-state index contributed by atoms with van der Waals surface area (Å²) in [6.07, 6.45) is 0. The molecule has 1 aromatic carbocycles. The van der Waals surface area contributed by atoms with Gasteiger partial charge >= 0.3 is 0 Å². The van der Waals surface area contributed by atoms with E-state index in [0.717, 1.165) is 46.5 Å². The molecule has 0 radical (unpaired) electrons. The topological polar surface area (TPSA) is 50.8 Å². The second-order valence-corrected chi connectivity index (χ2v) is 7.21. The highest BCUT2D eigenvalue weighted by molar-refractivity contribution is 7.17. The van der Waals surface area contributed by atoms with E-state index in [0.29, 0.717) is 19.3 Å². The average Bonchev–Trinajstić information content (AvgIpc) is 3.11. The van der Waals surface area contributed by atoms with Crippen molar-refractivity contribution in [2.75, 3.05) is 32.8 Å². The monoisotopic (exact) mass is 380 g/mol. The van der Waals surface area contributed by atoms with Crippen LogP contribution in [0.4, 0.5) is 0 Å². The third-order valence-corrected chi connectivity index (χ3v) is 5.42. The van der Waals surface area contributed by atoms with Crippen LogP contribution in [0.3, 0.4) is 0 Å². The van der Waals surface area contributed by atoms with Crippen molar-refractivity contribution in [2.24, 2.45) is 0 Å². The summed E-state index contributed by atoms with van der Waals surface area (Å²) in [7, 11) is 0. The maximum atomic E-state index is 12.7. The lowest BCUT2D eigenvalue weighted by molar-refractivity contribution is 0.0714. The summed E-state index contributed by atoms with van der Waals surface area (Å²) in [6, 6.07) is 10.2. The highest BCUT2D eigenvalue weighted by Crippen LogP contribution is 2.37. The van der Waals surface area contributed by atoms with Crippen molar-refractivity contribution in [2.45, 2.75) is 13.0 Å². The van der Waals surface area contributed by atoms with E-state index in [1.807, 2.05) is 35.2 Å². The van der Waals surface area contributed by atoms with E-state index in [-0.39, 0.29) is 18.3 Å². The molecule has 134 valence electrons. The number of piperazine rings is 1. The van der Waals surface area contributed by atoms with Crippen molar-refractivity contribution in [1.82, 2.24) is 10.2 Å². The van der Waals surface area contributed by atoms with Crippen LogP contribution in [-0.4, -0.2) is 49.7 Å². The third kappa shape index (κ3) is 3.76. The van der Waals surface area contributed by atoms with Gasteiger partial charge in [0.05, 0.1) is 4.88 Å². The summed E-state index contributed by atoms with van der Waals surface area (Å²) in [4.78, 5) is 16.5. The Morgan fingerprint density at radius 2 is 2.00 bits per heavy atom. The summed E-state index contributed by atoms with van der Waals surface area (Å²) in [5, 5.41) is 3.36. The lowest BCUT2D eigenvalue weighted by Crippen LogP contribution is -2.51. The average molecular weight is 381 g/mol. The zero-order valence-corrected chi connectivity index (χ0v) is 15.6. The molecule has 0 saturated carbocycles. The van der Waals surface area contributed by atoms with E-state index in [9.17, 15) is 4.79 Å². The van der Waals surface area contributed by atoms with E-state index in [1.54, 1.807) is 0 Å². The number of thiophene rings is 1. The van der Waals surface area contributed by atoms with Crippen LogP contribution in [0.15, 0.2) is 30.3 Å². The molecule has 1 N–H and O–H groups in total. The molecule has 1 fully saturated rings. The van der Waals surface area contributed by atoms with Gasteiger partial charge in [-0.05, 0) is 42.8 Å². The number of hydrogen-bond acceptors (Lipinski definition) is 5. The van der Waals surface area contributed by atoms with Gasteiger partial charge in [-0.15, -0.1) is 23.7 Å². The van der Waals surface area contributed by atoms with Gasteiger partial charge in [0.25, 0.3) is 5.91 Å². The van der Waals surface area contributed by atoms with Crippen molar-refractivity contribution in [3.63, 3.8) is 0 Å². The number of ether oxygens (including phenoxy) is 2. The number of hydrogen-bond donors (Lipinski definition) is 1. The minimum absolute atomic E-state index is 0. The zero-order chi connectivity index (χ0) is 16.5. The van der Waals surface area contributed by atoms with Crippen molar-refractivity contribution in [1.29, 1.82) is 0 Å². The van der Waals surface area contributed by atoms with Crippen molar-refractivity contribution in [3.05, 3.63) is 35.2 Å². The molecule has 1 aromatic heterocycles. The van der Waals surface area contributed by atoms with Crippen LogP contribution in [0.25, 0.3) is 10.4 Å². The summed E-state index contributed by atoms with van der Waals surface area (Å²) < 4.78 is 11.2. The number of carbonyl (C=O) groups excluding carboxylic acids is 1. The van der Waals surface area contributed by atoms with Crippen LogP contribution in [0.5, 0.6) is 11.5 Å². The number of nitrogens with zero attached hydrogens (tertiary/aromatic N) is 1. The number of carbonyl (C=O) groups is 1. The van der Waals surface area contributed by atoms with Gasteiger partial charge in [0, 0.05) is 30.6 Å². The maximum Gasteiger partial charge on any atom is 0.264 e. The minimum Gasteiger partial charge on any atom is -0.486 e. The van der Waals surface area contributed by atoms with E-state index in [2.05, 4.69) is 12.2 Å². The smallest absolute Gasteiger partial charge is 0.264 e. The minimum atomic E-state index is 0. The lowest BCUT2D eigenvalue weighted by Gasteiger charge is -2.31. The zero-order valence-electron chi connectivity index (χ0n) is 14.0. The van der Waals surface area contributed by atoms with Gasteiger partial charge < -0.3 is 19.7 Å². The Bertz CT molecular complexity index is 765. The second kappa shape index (κ2) is 7.64. The molecule has 0 spiro atoms. The molecule has 5 nitrogen and oxygen atoms in total. The van der Waals surface area contributed by atoms with Crippen LogP contribution >= 0.6 is 23.7 Å². The lowest BCUT2D eigenvalue weighted by atomic mass is 10.1. The fourth-order valence-electron chi connectivity index (χ4n) is 3.08. The van der Waals surface area contributed by atoms with Crippen LogP contribution in [0.2, 0.25) is 0 Å². The first-order valence-corrected chi connectivity index (χ1v) is 9.05. The van der Waals surface area contributed by atoms with E-state index >= 15 is 0 Å². The molecule has 2 aromatic rings. The maximum absolute atomic E-state index is 12.7. The number of benzene rings is 1. The predicted octanol–water partition coefficient (Wildman–Crippen LogP) is 3.04. The number of rotatable bonds is 2. The first-order valence-electron chi connectivity index (χ1n) is 8.23. The molecule has 1 unspecified atom stereocenters. The number of nitrogens with one attached hydrogen (secondary N) is 1. The Labute approximate surface area is 157 Å². The predicted molar refractivity (Wildman–Crippen MR) is 101 cm³/mol. The van der Waals surface area contributed by atoms with Crippen molar-refractivity contribution in [3.8, 4) is 21.9 Å². The second-order valence-electron chi connectivity index (χ2n) is 6.13. The van der Waals surface area contributed by atoms with Crippen molar-refractivity contribution >= 4 is 29.7 Å². The van der Waals surface area contributed by atoms with E-state index in [4.69, 9.17) is 9.47 Å². The van der Waals surface area contributed by atoms with E-state index < -0.39 is 0 Å². The van der Waals surface area contributed by atoms with Crippen molar-refractivity contribution < 1.29 is 14.3 Å².